The second-order valence-electron chi connectivity index (χ2n) is 8.21. The lowest BCUT2D eigenvalue weighted by molar-refractivity contribution is 0.0526. The Hall–Kier alpha value is -3.32. The fourth-order valence-corrected chi connectivity index (χ4v) is 4.23. The van der Waals surface area contributed by atoms with Crippen LogP contribution in [0, 0.1) is 5.92 Å². The molecule has 0 unspecified atom stereocenters. The van der Waals surface area contributed by atoms with Crippen molar-refractivity contribution in [3.05, 3.63) is 53.9 Å². The molecule has 0 amide bonds. The highest BCUT2D eigenvalue weighted by Gasteiger charge is 2.26. The molecular formula is C25H27N3O4. The summed E-state index contributed by atoms with van der Waals surface area (Å²) in [6.45, 7) is 3.49. The molecule has 4 aromatic rings. The van der Waals surface area contributed by atoms with Crippen molar-refractivity contribution in [3.63, 3.8) is 0 Å². The number of carbonyl (C=O) groups is 1. The molecule has 7 nitrogen and oxygen atoms in total. The average molecular weight is 434 g/mol. The third-order valence-electron chi connectivity index (χ3n) is 6.01. The minimum atomic E-state index is -0.345. The first kappa shape index (κ1) is 20.6. The molecule has 0 atom stereocenters. The normalized spacial score (nSPS) is 13.7. The maximum atomic E-state index is 12.2. The lowest BCUT2D eigenvalue weighted by atomic mass is 10.2. The summed E-state index contributed by atoms with van der Waals surface area (Å²) in [5.41, 5.74) is 5.18. The molecule has 166 valence electrons. The van der Waals surface area contributed by atoms with Crippen LogP contribution in [0.3, 0.4) is 0 Å². The second-order valence-corrected chi connectivity index (χ2v) is 8.21. The molecule has 0 bridgehead atoms. The number of pyridine rings is 1. The Kier molecular flexibility index (Phi) is 5.35. The molecule has 3 heterocycles. The molecule has 1 aliphatic carbocycles. The maximum absolute atomic E-state index is 12.2. The van der Waals surface area contributed by atoms with Gasteiger partial charge in [0.05, 0.1) is 42.8 Å². The largest absolute Gasteiger partial charge is 0.497 e. The Morgan fingerprint density at radius 3 is 2.72 bits per heavy atom. The van der Waals surface area contributed by atoms with E-state index in [1.165, 1.54) is 12.8 Å². The van der Waals surface area contributed by atoms with Gasteiger partial charge < -0.3 is 23.2 Å². The lowest BCUT2D eigenvalue weighted by Crippen LogP contribution is -2.06. The van der Waals surface area contributed by atoms with Gasteiger partial charge in [-0.2, -0.15) is 0 Å². The van der Waals surface area contributed by atoms with Gasteiger partial charge in [0, 0.05) is 31.3 Å². The van der Waals surface area contributed by atoms with E-state index in [0.717, 1.165) is 40.3 Å². The van der Waals surface area contributed by atoms with Gasteiger partial charge in [0.15, 0.2) is 0 Å². The molecule has 0 N–H and O–H groups in total. The van der Waals surface area contributed by atoms with Crippen molar-refractivity contribution in [3.8, 4) is 17.1 Å². The van der Waals surface area contributed by atoms with Gasteiger partial charge in [-0.3, -0.25) is 0 Å². The number of carbonyl (C=O) groups excluding carboxylic acids is 1. The predicted molar refractivity (Wildman–Crippen MR) is 122 cm³/mol. The monoisotopic (exact) mass is 433 g/mol. The van der Waals surface area contributed by atoms with Crippen molar-refractivity contribution in [2.75, 3.05) is 20.8 Å². The number of hydrogen-bond acceptors (Lipinski definition) is 5. The van der Waals surface area contributed by atoms with Crippen molar-refractivity contribution in [1.29, 1.82) is 0 Å². The van der Waals surface area contributed by atoms with Gasteiger partial charge in [0.2, 0.25) is 0 Å². The first-order chi connectivity index (χ1) is 15.6. The number of esters is 1. The molecule has 0 spiro atoms. The Balaban J connectivity index is 1.70. The first-order valence-electron chi connectivity index (χ1n) is 11.0. The summed E-state index contributed by atoms with van der Waals surface area (Å²) in [7, 11) is 3.37. The Morgan fingerprint density at radius 1 is 1.16 bits per heavy atom. The van der Waals surface area contributed by atoms with E-state index >= 15 is 0 Å². The van der Waals surface area contributed by atoms with Gasteiger partial charge in [-0.15, -0.1) is 0 Å². The minimum Gasteiger partial charge on any atom is -0.497 e. The molecule has 32 heavy (non-hydrogen) atoms. The van der Waals surface area contributed by atoms with Crippen LogP contribution in [-0.2, 0) is 22.6 Å². The average Bonchev–Trinajstić information content (AvgIpc) is 3.46. The van der Waals surface area contributed by atoms with Crippen LogP contribution in [-0.4, -0.2) is 40.7 Å². The number of hydrogen-bond donors (Lipinski definition) is 0. The van der Waals surface area contributed by atoms with Crippen LogP contribution in [0.5, 0.6) is 5.75 Å². The highest BCUT2D eigenvalue weighted by atomic mass is 16.5. The molecule has 1 aromatic carbocycles. The number of ether oxygens (including phenoxy) is 3. The molecule has 5 rings (SSSR count). The van der Waals surface area contributed by atoms with Crippen LogP contribution in [0.4, 0.5) is 0 Å². The molecular weight excluding hydrogens is 406 g/mol. The van der Waals surface area contributed by atoms with E-state index in [1.807, 2.05) is 16.7 Å². The van der Waals surface area contributed by atoms with E-state index in [2.05, 4.69) is 22.8 Å². The third kappa shape index (κ3) is 3.62. The Morgan fingerprint density at radius 2 is 2.00 bits per heavy atom. The second kappa shape index (κ2) is 8.31. The number of methoxy groups -OCH3 is 2. The molecule has 3 aromatic heterocycles. The van der Waals surface area contributed by atoms with Gasteiger partial charge in [0.1, 0.15) is 17.1 Å². The van der Waals surface area contributed by atoms with E-state index in [0.29, 0.717) is 30.3 Å². The SMILES string of the molecule is CCOC(=O)c1ccn2c(COC)c(-c3cc4ccc(OC)cc4n3CC3CC3)nc2c1. The summed E-state index contributed by atoms with van der Waals surface area (Å²) >= 11 is 0. The van der Waals surface area contributed by atoms with Crippen molar-refractivity contribution >= 4 is 22.5 Å². The van der Waals surface area contributed by atoms with Crippen molar-refractivity contribution < 1.29 is 19.0 Å². The van der Waals surface area contributed by atoms with Gasteiger partial charge in [-0.05, 0) is 56.0 Å². The summed E-state index contributed by atoms with van der Waals surface area (Å²) in [6, 6.07) is 11.9. The van der Waals surface area contributed by atoms with Crippen molar-refractivity contribution in [1.82, 2.24) is 14.0 Å². The summed E-state index contributed by atoms with van der Waals surface area (Å²) in [5.74, 6) is 1.18. The zero-order valence-corrected chi connectivity index (χ0v) is 18.6. The number of imidazole rings is 1. The number of benzene rings is 1. The van der Waals surface area contributed by atoms with Crippen LogP contribution in [0.15, 0.2) is 42.6 Å². The number of fused-ring (bicyclic) bond motifs is 2. The third-order valence-corrected chi connectivity index (χ3v) is 6.01. The summed E-state index contributed by atoms with van der Waals surface area (Å²) < 4.78 is 20.5. The van der Waals surface area contributed by atoms with Crippen LogP contribution in [0.25, 0.3) is 27.9 Å². The maximum Gasteiger partial charge on any atom is 0.338 e. The fourth-order valence-electron chi connectivity index (χ4n) is 4.23. The smallest absolute Gasteiger partial charge is 0.338 e. The van der Waals surface area contributed by atoms with Crippen LogP contribution in [0.1, 0.15) is 35.8 Å². The molecule has 1 aliphatic rings. The van der Waals surface area contributed by atoms with Crippen molar-refractivity contribution in [2.24, 2.45) is 5.92 Å². The summed E-state index contributed by atoms with van der Waals surface area (Å²) in [4.78, 5) is 17.2. The highest BCUT2D eigenvalue weighted by Crippen LogP contribution is 2.38. The van der Waals surface area contributed by atoms with E-state index in [9.17, 15) is 4.79 Å². The molecule has 1 fully saturated rings. The van der Waals surface area contributed by atoms with Gasteiger partial charge in [-0.1, -0.05) is 0 Å². The summed E-state index contributed by atoms with van der Waals surface area (Å²) in [6.07, 6.45) is 4.37. The Labute approximate surface area is 186 Å². The highest BCUT2D eigenvalue weighted by molar-refractivity contribution is 5.91. The zero-order chi connectivity index (χ0) is 22.2. The molecule has 1 saturated carbocycles. The molecule has 0 saturated heterocycles. The van der Waals surface area contributed by atoms with Gasteiger partial charge in [0.25, 0.3) is 0 Å². The fraction of sp³-hybridized carbons (Fsp3) is 0.360. The van der Waals surface area contributed by atoms with Gasteiger partial charge in [-0.25, -0.2) is 9.78 Å². The topological polar surface area (TPSA) is 67.0 Å². The standard InChI is InChI=1S/C25H27N3O4/c1-4-32-25(29)18-9-10-27-22(15-30-2)24(26-23(27)12-18)21-11-17-7-8-19(31-3)13-20(17)28(21)14-16-5-6-16/h7-13,16H,4-6,14-15H2,1-3H3. The first-order valence-corrected chi connectivity index (χ1v) is 11.0. The minimum absolute atomic E-state index is 0.337. The van der Waals surface area contributed by atoms with Gasteiger partial charge >= 0.3 is 5.97 Å². The van der Waals surface area contributed by atoms with E-state index in [1.54, 1.807) is 33.3 Å². The van der Waals surface area contributed by atoms with Crippen molar-refractivity contribution in [2.45, 2.75) is 32.9 Å². The van der Waals surface area contributed by atoms with Crippen LogP contribution >= 0.6 is 0 Å². The van der Waals surface area contributed by atoms with E-state index in [-0.39, 0.29) is 5.97 Å². The summed E-state index contributed by atoms with van der Waals surface area (Å²) in [5, 5.41) is 1.15. The van der Waals surface area contributed by atoms with Crippen LogP contribution in [0.2, 0.25) is 0 Å². The van der Waals surface area contributed by atoms with E-state index in [4.69, 9.17) is 19.2 Å². The van der Waals surface area contributed by atoms with Crippen LogP contribution < -0.4 is 4.74 Å². The lowest BCUT2D eigenvalue weighted by Gasteiger charge is -2.11. The molecule has 0 aliphatic heterocycles. The number of nitrogens with zero attached hydrogens (tertiary/aromatic N) is 3. The number of aromatic nitrogens is 3. The molecule has 7 heteroatoms. The number of rotatable bonds is 8. The molecule has 0 radical (unpaired) electrons. The Bertz CT molecular complexity index is 1300. The quantitative estimate of drug-likeness (QED) is 0.377. The van der Waals surface area contributed by atoms with E-state index < -0.39 is 0 Å². The predicted octanol–water partition coefficient (Wildman–Crippen LogP) is 4.70. The zero-order valence-electron chi connectivity index (χ0n) is 18.6.